The molecule has 2 rings (SSSR count). The van der Waals surface area contributed by atoms with E-state index in [4.69, 9.17) is 5.73 Å². The van der Waals surface area contributed by atoms with E-state index in [1.165, 1.54) is 5.56 Å². The van der Waals surface area contributed by atoms with Crippen molar-refractivity contribution in [1.82, 2.24) is 4.98 Å². The molecular weight excluding hydrogens is 156 g/mol. The van der Waals surface area contributed by atoms with E-state index in [0.717, 1.165) is 15.9 Å². The smallest absolute Gasteiger partial charge is 0.0862 e. The predicted molar refractivity (Wildman–Crippen MR) is 48.8 cm³/mol. The van der Waals surface area contributed by atoms with Gasteiger partial charge in [-0.2, -0.15) is 0 Å². The zero-order valence-corrected chi connectivity index (χ0v) is 6.98. The maximum atomic E-state index is 5.74. The molecule has 1 aromatic carbocycles. The summed E-state index contributed by atoms with van der Waals surface area (Å²) in [6, 6.07) is 3.92. The van der Waals surface area contributed by atoms with Crippen molar-refractivity contribution in [1.29, 1.82) is 0 Å². The third-order valence-corrected chi connectivity index (χ3v) is 2.59. The van der Waals surface area contributed by atoms with Crippen LogP contribution >= 0.6 is 11.3 Å². The van der Waals surface area contributed by atoms with E-state index in [0.29, 0.717) is 0 Å². The molecule has 0 aliphatic rings. The number of aromatic nitrogens is 1. The summed E-state index contributed by atoms with van der Waals surface area (Å²) in [6.07, 6.45) is 0. The summed E-state index contributed by atoms with van der Waals surface area (Å²) in [7, 11) is 0. The van der Waals surface area contributed by atoms with E-state index < -0.39 is 0 Å². The third kappa shape index (κ3) is 0.886. The van der Waals surface area contributed by atoms with Crippen LogP contribution in [0.3, 0.4) is 0 Å². The van der Waals surface area contributed by atoms with Crippen LogP contribution < -0.4 is 5.73 Å². The topological polar surface area (TPSA) is 38.9 Å². The number of benzene rings is 1. The molecule has 0 fully saturated rings. The Labute approximate surface area is 68.7 Å². The number of fused-ring (bicyclic) bond motifs is 1. The Morgan fingerprint density at radius 3 is 3.00 bits per heavy atom. The lowest BCUT2D eigenvalue weighted by atomic mass is 10.2. The lowest BCUT2D eigenvalue weighted by Gasteiger charge is -1.96. The highest BCUT2D eigenvalue weighted by Gasteiger charge is 2.01. The van der Waals surface area contributed by atoms with Gasteiger partial charge < -0.3 is 5.73 Å². The maximum absolute atomic E-state index is 5.74. The molecule has 0 spiro atoms. The zero-order valence-electron chi connectivity index (χ0n) is 6.16. The van der Waals surface area contributed by atoms with E-state index in [1.807, 2.05) is 24.6 Å². The Bertz CT molecular complexity index is 356. The Morgan fingerprint density at radius 2 is 2.27 bits per heavy atom. The highest BCUT2D eigenvalue weighted by Crippen LogP contribution is 2.26. The minimum absolute atomic E-state index is 0.827. The number of nitrogens with zero attached hydrogens (tertiary/aromatic N) is 1. The van der Waals surface area contributed by atoms with Gasteiger partial charge in [-0.05, 0) is 18.6 Å². The van der Waals surface area contributed by atoms with E-state index in [2.05, 4.69) is 4.98 Å². The van der Waals surface area contributed by atoms with E-state index >= 15 is 0 Å². The molecule has 2 aromatic rings. The minimum atomic E-state index is 0.827. The van der Waals surface area contributed by atoms with Gasteiger partial charge in [-0.25, -0.2) is 4.98 Å². The van der Waals surface area contributed by atoms with Gasteiger partial charge in [0.1, 0.15) is 0 Å². The van der Waals surface area contributed by atoms with Crippen LogP contribution in [-0.2, 0) is 0 Å². The summed E-state index contributed by atoms with van der Waals surface area (Å²) >= 11 is 1.59. The Morgan fingerprint density at radius 1 is 1.45 bits per heavy atom. The molecule has 2 N–H and O–H groups in total. The van der Waals surface area contributed by atoms with Gasteiger partial charge in [0.2, 0.25) is 0 Å². The highest BCUT2D eigenvalue weighted by molar-refractivity contribution is 7.17. The molecule has 0 bridgehead atoms. The lowest BCUT2D eigenvalue weighted by molar-refractivity contribution is 1.43. The van der Waals surface area contributed by atoms with Crippen LogP contribution in [0.1, 0.15) is 5.56 Å². The normalized spacial score (nSPS) is 10.6. The van der Waals surface area contributed by atoms with Crippen molar-refractivity contribution in [2.45, 2.75) is 6.92 Å². The largest absolute Gasteiger partial charge is 0.398 e. The third-order valence-electron chi connectivity index (χ3n) is 1.72. The molecule has 11 heavy (non-hydrogen) atoms. The van der Waals surface area contributed by atoms with Gasteiger partial charge in [-0.1, -0.05) is 6.07 Å². The second kappa shape index (κ2) is 2.20. The quantitative estimate of drug-likeness (QED) is 0.606. The lowest BCUT2D eigenvalue weighted by Crippen LogP contribution is -1.85. The summed E-state index contributed by atoms with van der Waals surface area (Å²) in [5.41, 5.74) is 10.6. The van der Waals surface area contributed by atoms with Crippen LogP contribution in [0.25, 0.3) is 10.2 Å². The Hall–Kier alpha value is -1.09. The van der Waals surface area contributed by atoms with Gasteiger partial charge in [0.15, 0.2) is 0 Å². The van der Waals surface area contributed by atoms with Crippen LogP contribution in [0.5, 0.6) is 0 Å². The molecule has 0 unspecified atom stereocenters. The molecule has 0 atom stereocenters. The molecule has 56 valence electrons. The number of hydrogen-bond acceptors (Lipinski definition) is 3. The number of nitrogen functional groups attached to an aromatic ring is 1. The molecule has 1 aromatic heterocycles. The van der Waals surface area contributed by atoms with Gasteiger partial charge in [0, 0.05) is 0 Å². The highest BCUT2D eigenvalue weighted by atomic mass is 32.1. The number of thiazole rings is 1. The predicted octanol–water partition coefficient (Wildman–Crippen LogP) is 2.19. The molecule has 0 saturated heterocycles. The zero-order chi connectivity index (χ0) is 7.84. The second-order valence-electron chi connectivity index (χ2n) is 2.50. The van der Waals surface area contributed by atoms with E-state index in [1.54, 1.807) is 11.3 Å². The monoisotopic (exact) mass is 164 g/mol. The summed E-state index contributed by atoms with van der Waals surface area (Å²) in [4.78, 5) is 4.22. The summed E-state index contributed by atoms with van der Waals surface area (Å²) in [5, 5.41) is 0. The number of anilines is 1. The van der Waals surface area contributed by atoms with Crippen molar-refractivity contribution in [2.75, 3.05) is 5.73 Å². The average molecular weight is 164 g/mol. The van der Waals surface area contributed by atoms with Gasteiger partial charge in [-0.3, -0.25) is 0 Å². The fraction of sp³-hybridized carbons (Fsp3) is 0.125. The van der Waals surface area contributed by atoms with Crippen LogP contribution in [0.4, 0.5) is 5.69 Å². The van der Waals surface area contributed by atoms with Crippen LogP contribution in [0.15, 0.2) is 17.6 Å². The number of hydrogen-bond donors (Lipinski definition) is 1. The summed E-state index contributed by atoms with van der Waals surface area (Å²) in [6.45, 7) is 2.04. The molecule has 2 nitrogen and oxygen atoms in total. The fourth-order valence-electron chi connectivity index (χ4n) is 1.10. The van der Waals surface area contributed by atoms with Crippen molar-refractivity contribution in [2.24, 2.45) is 0 Å². The first-order valence-corrected chi connectivity index (χ1v) is 4.25. The van der Waals surface area contributed by atoms with Crippen molar-refractivity contribution in [3.05, 3.63) is 23.2 Å². The molecule has 0 aliphatic heterocycles. The van der Waals surface area contributed by atoms with Gasteiger partial charge in [0.05, 0.1) is 21.4 Å². The molecule has 3 heteroatoms. The first kappa shape index (κ1) is 6.61. The molecule has 1 heterocycles. The maximum Gasteiger partial charge on any atom is 0.0862 e. The van der Waals surface area contributed by atoms with E-state index in [-0.39, 0.29) is 0 Å². The van der Waals surface area contributed by atoms with Gasteiger partial charge >= 0.3 is 0 Å². The van der Waals surface area contributed by atoms with E-state index in [9.17, 15) is 0 Å². The molecule has 0 saturated carbocycles. The molecule has 0 amide bonds. The van der Waals surface area contributed by atoms with Crippen molar-refractivity contribution in [3.63, 3.8) is 0 Å². The van der Waals surface area contributed by atoms with Crippen molar-refractivity contribution >= 4 is 27.2 Å². The Balaban J connectivity index is 2.96. The van der Waals surface area contributed by atoms with Crippen LogP contribution in [0.2, 0.25) is 0 Å². The van der Waals surface area contributed by atoms with Gasteiger partial charge in [0.25, 0.3) is 0 Å². The molecule has 0 aliphatic carbocycles. The van der Waals surface area contributed by atoms with Crippen LogP contribution in [-0.4, -0.2) is 4.98 Å². The summed E-state index contributed by atoms with van der Waals surface area (Å²) < 4.78 is 1.10. The average Bonchev–Trinajstić information content (AvgIpc) is 2.45. The number of rotatable bonds is 0. The number of nitrogens with two attached hydrogens (primary N) is 1. The SMILES string of the molecule is Cc1ccc(N)c2scnc12. The standard InChI is InChI=1S/C8H8N2S/c1-5-2-3-6(9)8-7(5)10-4-11-8/h2-4H,9H2,1H3. The van der Waals surface area contributed by atoms with Crippen molar-refractivity contribution in [3.8, 4) is 0 Å². The molecule has 0 radical (unpaired) electrons. The number of aryl methyl sites for hydroxylation is 1. The van der Waals surface area contributed by atoms with Crippen molar-refractivity contribution < 1.29 is 0 Å². The summed E-state index contributed by atoms with van der Waals surface area (Å²) in [5.74, 6) is 0. The molecular formula is C8H8N2S. The fourth-order valence-corrected chi connectivity index (χ4v) is 1.89. The minimum Gasteiger partial charge on any atom is -0.398 e. The van der Waals surface area contributed by atoms with Crippen LogP contribution in [0, 0.1) is 6.92 Å². The Kier molecular flexibility index (Phi) is 1.32. The first-order chi connectivity index (χ1) is 5.29. The van der Waals surface area contributed by atoms with Gasteiger partial charge in [-0.15, -0.1) is 11.3 Å². The first-order valence-electron chi connectivity index (χ1n) is 3.37. The second-order valence-corrected chi connectivity index (χ2v) is 3.36.